The second kappa shape index (κ2) is 14.8. The van der Waals surface area contributed by atoms with Gasteiger partial charge in [-0.2, -0.15) is 0 Å². The molecule has 0 spiro atoms. The van der Waals surface area contributed by atoms with Crippen molar-refractivity contribution in [2.75, 3.05) is 11.5 Å². The molecular weight excluding hydrogens is 528 g/mol. The van der Waals surface area contributed by atoms with Gasteiger partial charge in [-0.05, 0) is 12.2 Å². The van der Waals surface area contributed by atoms with Crippen LogP contribution >= 0.6 is 11.8 Å². The molecule has 0 N–H and O–H groups in total. The lowest BCUT2D eigenvalue weighted by Crippen LogP contribution is -2.12. The molecule has 0 aliphatic rings. The minimum Gasteiger partial charge on any atom is -0.329 e. The highest BCUT2D eigenvalue weighted by atomic mass is 32.2. The van der Waals surface area contributed by atoms with Gasteiger partial charge in [0, 0.05) is 48.3 Å². The number of nitrogens with zero attached hydrogens (tertiary/aromatic N) is 6. The molecule has 0 amide bonds. The van der Waals surface area contributed by atoms with Crippen molar-refractivity contribution in [2.45, 2.75) is 64.7 Å². The summed E-state index contributed by atoms with van der Waals surface area (Å²) in [5.74, 6) is 1.89. The molecule has 0 unspecified atom stereocenters. The lowest BCUT2D eigenvalue weighted by Gasteiger charge is -2.02. The Bertz CT molecular complexity index is 1310. The quantitative estimate of drug-likeness (QED) is 0.280. The van der Waals surface area contributed by atoms with Gasteiger partial charge in [0.25, 0.3) is 0 Å². The summed E-state index contributed by atoms with van der Waals surface area (Å²) in [7, 11) is 1.92. The number of ketones is 3. The zero-order valence-electron chi connectivity index (χ0n) is 23.6. The molecule has 0 bridgehead atoms. The number of aromatic nitrogens is 6. The zero-order chi connectivity index (χ0) is 29.2. The van der Waals surface area contributed by atoms with E-state index in [-0.39, 0.29) is 28.3 Å². The van der Waals surface area contributed by atoms with E-state index in [0.29, 0.717) is 17.1 Å². The van der Waals surface area contributed by atoms with Crippen molar-refractivity contribution in [1.29, 1.82) is 0 Å². The highest BCUT2D eigenvalue weighted by molar-refractivity contribution is 7.99. The van der Waals surface area contributed by atoms with Gasteiger partial charge in [0.2, 0.25) is 15.0 Å². The van der Waals surface area contributed by atoms with E-state index in [1.807, 2.05) is 23.2 Å². The molecule has 210 valence electrons. The molecule has 11 nitrogen and oxygen atoms in total. The Morgan fingerprint density at radius 1 is 0.763 bits per heavy atom. The number of Topliss-reactive ketones (excluding diaryl/α,β-unsaturated/α-hetero) is 3. The fraction of sp³-hybridized carbons (Fsp3) is 0.520. The van der Waals surface area contributed by atoms with Crippen LogP contribution in [0, 0.1) is 0 Å². The largest absolute Gasteiger partial charge is 0.329 e. The number of hydrogen-bond donors (Lipinski definition) is 0. The van der Waals surface area contributed by atoms with E-state index in [1.165, 1.54) is 31.7 Å². The average molecular weight is 567 g/mol. The highest BCUT2D eigenvalue weighted by Crippen LogP contribution is 2.16. The molecule has 3 heterocycles. The molecule has 13 heteroatoms. The molecular formula is C25H38N6O5S2. The maximum absolute atomic E-state index is 11.5. The third-order valence-electron chi connectivity index (χ3n) is 5.46. The fourth-order valence-corrected chi connectivity index (χ4v) is 5.02. The van der Waals surface area contributed by atoms with E-state index in [1.54, 1.807) is 38.0 Å². The van der Waals surface area contributed by atoms with Crippen LogP contribution in [0.4, 0.5) is 0 Å². The third kappa shape index (κ3) is 8.48. The van der Waals surface area contributed by atoms with Crippen molar-refractivity contribution >= 4 is 38.9 Å². The number of aryl methyl sites for hydroxylation is 1. The van der Waals surface area contributed by atoms with Gasteiger partial charge in [-0.3, -0.25) is 14.4 Å². The smallest absolute Gasteiger partial charge is 0.227 e. The molecule has 0 aliphatic heterocycles. The Kier molecular flexibility index (Phi) is 12.8. The summed E-state index contributed by atoms with van der Waals surface area (Å²) in [6, 6.07) is 0. The predicted octanol–water partition coefficient (Wildman–Crippen LogP) is 3.73. The SMILES string of the molecule is CCCc1ncc(C(C)=O)n1C.CCS(=O)(=O)c1ncc(C(C)=O)n1C.CCSc1ncc(C(C)=O)n1C. The second-order valence-corrected chi connectivity index (χ2v) is 11.7. The Morgan fingerprint density at radius 2 is 1.24 bits per heavy atom. The zero-order valence-corrected chi connectivity index (χ0v) is 25.2. The van der Waals surface area contributed by atoms with Crippen LogP contribution in [0.5, 0.6) is 0 Å². The summed E-state index contributed by atoms with van der Waals surface area (Å²) in [6.07, 6.45) is 6.55. The highest BCUT2D eigenvalue weighted by Gasteiger charge is 2.20. The summed E-state index contributed by atoms with van der Waals surface area (Å²) in [6.45, 7) is 10.2. The van der Waals surface area contributed by atoms with Crippen LogP contribution in [0.3, 0.4) is 0 Å². The molecule has 0 fully saturated rings. The first-order valence-electron chi connectivity index (χ1n) is 12.2. The Balaban J connectivity index is 0.000000286. The number of imidazole rings is 3. The summed E-state index contributed by atoms with van der Waals surface area (Å²) < 4.78 is 27.9. The minimum atomic E-state index is -3.34. The first kappa shape index (κ1) is 33.0. The van der Waals surface area contributed by atoms with Gasteiger partial charge in [0.1, 0.15) is 22.9 Å². The van der Waals surface area contributed by atoms with Crippen molar-refractivity contribution in [3.8, 4) is 0 Å². The van der Waals surface area contributed by atoms with E-state index in [0.717, 1.165) is 29.6 Å². The summed E-state index contributed by atoms with van der Waals surface area (Å²) >= 11 is 1.64. The third-order valence-corrected chi connectivity index (χ3v) is 8.08. The van der Waals surface area contributed by atoms with E-state index in [4.69, 9.17) is 0 Å². The standard InChI is InChI=1S/C9H14N2O.C8H12N2O3S.C8H12N2OS/c1-4-5-9-10-6-8(7(2)12)11(9)3;1-4-14(12,13)8-9-5-7(6(2)11)10(8)3;1-4-12-8-9-5-7(6(2)11)10(8)3/h6H,4-5H2,1-3H3;5H,4H2,1-3H3;5H,4H2,1-3H3. The predicted molar refractivity (Wildman–Crippen MR) is 148 cm³/mol. The van der Waals surface area contributed by atoms with Gasteiger partial charge >= 0.3 is 0 Å². The molecule has 38 heavy (non-hydrogen) atoms. The van der Waals surface area contributed by atoms with Crippen LogP contribution in [0.25, 0.3) is 0 Å². The van der Waals surface area contributed by atoms with Crippen LogP contribution in [0.1, 0.15) is 85.3 Å². The molecule has 0 aliphatic carbocycles. The molecule has 0 aromatic carbocycles. The molecule has 3 aromatic rings. The monoisotopic (exact) mass is 566 g/mol. The van der Waals surface area contributed by atoms with Crippen LogP contribution in [0.15, 0.2) is 28.9 Å². The van der Waals surface area contributed by atoms with Crippen molar-refractivity contribution < 1.29 is 22.8 Å². The molecule has 0 saturated heterocycles. The topological polar surface area (TPSA) is 139 Å². The van der Waals surface area contributed by atoms with Crippen molar-refractivity contribution in [2.24, 2.45) is 21.1 Å². The van der Waals surface area contributed by atoms with E-state index in [2.05, 4.69) is 28.8 Å². The van der Waals surface area contributed by atoms with Gasteiger partial charge in [-0.15, -0.1) is 0 Å². The number of thioether (sulfide) groups is 1. The van der Waals surface area contributed by atoms with Gasteiger partial charge < -0.3 is 13.7 Å². The van der Waals surface area contributed by atoms with Crippen molar-refractivity contribution in [1.82, 2.24) is 28.7 Å². The Labute approximate surface area is 229 Å². The molecule has 0 radical (unpaired) electrons. The number of sulfone groups is 1. The van der Waals surface area contributed by atoms with Crippen LogP contribution < -0.4 is 0 Å². The first-order chi connectivity index (χ1) is 17.7. The number of carbonyl (C=O) groups is 3. The lowest BCUT2D eigenvalue weighted by molar-refractivity contribution is 0.0996. The second-order valence-electron chi connectivity index (χ2n) is 8.34. The maximum Gasteiger partial charge on any atom is 0.227 e. The molecule has 0 saturated carbocycles. The number of rotatable bonds is 9. The van der Waals surface area contributed by atoms with Crippen molar-refractivity contribution in [3.63, 3.8) is 0 Å². The number of carbonyl (C=O) groups excluding carboxylic acids is 3. The molecule has 0 atom stereocenters. The van der Waals surface area contributed by atoms with Crippen LogP contribution in [-0.4, -0.2) is 65.9 Å². The van der Waals surface area contributed by atoms with Crippen molar-refractivity contribution in [3.05, 3.63) is 41.5 Å². The summed E-state index contributed by atoms with van der Waals surface area (Å²) in [5.41, 5.74) is 1.67. The fourth-order valence-electron chi connectivity index (χ4n) is 3.35. The first-order valence-corrected chi connectivity index (χ1v) is 14.8. The summed E-state index contributed by atoms with van der Waals surface area (Å²) in [4.78, 5) is 45.1. The minimum absolute atomic E-state index is 0.0187. The van der Waals surface area contributed by atoms with Gasteiger partial charge in [0.15, 0.2) is 22.5 Å². The Morgan fingerprint density at radius 3 is 1.63 bits per heavy atom. The van der Waals surface area contributed by atoms with E-state index >= 15 is 0 Å². The molecule has 3 aromatic heterocycles. The summed E-state index contributed by atoms with van der Waals surface area (Å²) in [5, 5.41) is 0.855. The number of hydrogen-bond acceptors (Lipinski definition) is 9. The average Bonchev–Trinajstić information content (AvgIpc) is 3.53. The van der Waals surface area contributed by atoms with Gasteiger partial charge in [0.05, 0.1) is 24.3 Å². The van der Waals surface area contributed by atoms with Gasteiger partial charge in [-0.1, -0.05) is 32.5 Å². The maximum atomic E-state index is 11.5. The van der Waals surface area contributed by atoms with E-state index in [9.17, 15) is 22.8 Å². The van der Waals surface area contributed by atoms with E-state index < -0.39 is 9.84 Å². The molecule has 3 rings (SSSR count). The Hall–Kier alpha value is -3.06. The van der Waals surface area contributed by atoms with Crippen LogP contribution in [-0.2, 0) is 37.4 Å². The normalized spacial score (nSPS) is 10.8. The van der Waals surface area contributed by atoms with Gasteiger partial charge in [-0.25, -0.2) is 23.4 Å². The lowest BCUT2D eigenvalue weighted by atomic mass is 10.3. The van der Waals surface area contributed by atoms with Crippen LogP contribution in [0.2, 0.25) is 0 Å².